The average molecular weight is 219 g/mol. The fraction of sp³-hybridized carbons (Fsp3) is 0.538. The molecule has 0 amide bonds. The van der Waals surface area contributed by atoms with Gasteiger partial charge >= 0.3 is 0 Å². The molecule has 1 saturated heterocycles. The highest BCUT2D eigenvalue weighted by Gasteiger charge is 2.31. The van der Waals surface area contributed by atoms with Gasteiger partial charge in [0.05, 0.1) is 0 Å². The lowest BCUT2D eigenvalue weighted by Gasteiger charge is -2.37. The zero-order valence-electron chi connectivity index (χ0n) is 9.24. The molecule has 1 heterocycles. The first-order valence-corrected chi connectivity index (χ1v) is 6.01. The minimum atomic E-state index is 0.172. The number of aromatic hydroxyl groups is 2. The molecule has 0 aromatic heterocycles. The van der Waals surface area contributed by atoms with Crippen LogP contribution in [0, 0.1) is 5.92 Å². The highest BCUT2D eigenvalue weighted by molar-refractivity contribution is 5.47. The van der Waals surface area contributed by atoms with Crippen LogP contribution in [0.2, 0.25) is 0 Å². The standard InChI is InChI=1S/C13H17NO2/c15-10-4-9-6-12-8(2-1-3-14-12)5-11(9)13(16)7-10/h4,7-8,12,14-16H,1-3,5-6H2/t8-,12-/m0/s1. The molecule has 0 saturated carbocycles. The molecule has 3 nitrogen and oxygen atoms in total. The Labute approximate surface area is 95.1 Å². The molecule has 3 heteroatoms. The SMILES string of the molecule is Oc1cc(O)c2c(c1)C[C@@H]1NCCC[C@H]1C2. The molecular weight excluding hydrogens is 202 g/mol. The lowest BCUT2D eigenvalue weighted by molar-refractivity contribution is 0.259. The molecule has 16 heavy (non-hydrogen) atoms. The summed E-state index contributed by atoms with van der Waals surface area (Å²) < 4.78 is 0. The largest absolute Gasteiger partial charge is 0.508 e. The van der Waals surface area contributed by atoms with Crippen LogP contribution in [0.25, 0.3) is 0 Å². The number of benzene rings is 1. The van der Waals surface area contributed by atoms with Gasteiger partial charge in [-0.05, 0) is 55.3 Å². The lowest BCUT2D eigenvalue weighted by atomic mass is 9.76. The summed E-state index contributed by atoms with van der Waals surface area (Å²) in [4.78, 5) is 0. The second kappa shape index (κ2) is 3.67. The molecule has 0 spiro atoms. The van der Waals surface area contributed by atoms with Gasteiger partial charge in [-0.3, -0.25) is 0 Å². The smallest absolute Gasteiger partial charge is 0.122 e. The molecule has 1 aromatic carbocycles. The van der Waals surface area contributed by atoms with Gasteiger partial charge in [0, 0.05) is 12.1 Å². The Morgan fingerprint density at radius 1 is 1.19 bits per heavy atom. The van der Waals surface area contributed by atoms with E-state index in [2.05, 4.69) is 5.32 Å². The molecular formula is C13H17NO2. The van der Waals surface area contributed by atoms with Crippen molar-refractivity contribution >= 4 is 0 Å². The summed E-state index contributed by atoms with van der Waals surface area (Å²) >= 11 is 0. The van der Waals surface area contributed by atoms with Crippen molar-refractivity contribution in [3.63, 3.8) is 0 Å². The highest BCUT2D eigenvalue weighted by atomic mass is 16.3. The second-order valence-corrected chi connectivity index (χ2v) is 4.97. The van der Waals surface area contributed by atoms with Gasteiger partial charge in [-0.15, -0.1) is 0 Å². The second-order valence-electron chi connectivity index (χ2n) is 4.97. The van der Waals surface area contributed by atoms with Crippen molar-refractivity contribution in [2.24, 2.45) is 5.92 Å². The van der Waals surface area contributed by atoms with Crippen molar-refractivity contribution in [2.45, 2.75) is 31.7 Å². The van der Waals surface area contributed by atoms with Gasteiger partial charge in [0.25, 0.3) is 0 Å². The van der Waals surface area contributed by atoms with Crippen LogP contribution in [-0.2, 0) is 12.8 Å². The fourth-order valence-electron chi connectivity index (χ4n) is 3.12. The minimum Gasteiger partial charge on any atom is -0.508 e. The molecule has 1 aliphatic carbocycles. The van der Waals surface area contributed by atoms with Crippen molar-refractivity contribution in [3.05, 3.63) is 23.3 Å². The monoisotopic (exact) mass is 219 g/mol. The van der Waals surface area contributed by atoms with E-state index in [4.69, 9.17) is 0 Å². The number of piperidine rings is 1. The molecule has 0 unspecified atom stereocenters. The molecule has 1 fully saturated rings. The number of rotatable bonds is 0. The Morgan fingerprint density at radius 2 is 2.06 bits per heavy atom. The molecule has 1 aliphatic heterocycles. The summed E-state index contributed by atoms with van der Waals surface area (Å²) in [5, 5.41) is 22.9. The number of hydrogen-bond donors (Lipinski definition) is 3. The van der Waals surface area contributed by atoms with E-state index in [0.717, 1.165) is 30.5 Å². The Bertz CT molecular complexity index is 417. The highest BCUT2D eigenvalue weighted by Crippen LogP contribution is 2.37. The van der Waals surface area contributed by atoms with Crippen LogP contribution >= 0.6 is 0 Å². The fourth-order valence-corrected chi connectivity index (χ4v) is 3.12. The van der Waals surface area contributed by atoms with Crippen LogP contribution in [0.15, 0.2) is 12.1 Å². The Morgan fingerprint density at radius 3 is 2.94 bits per heavy atom. The minimum absolute atomic E-state index is 0.172. The molecule has 2 aliphatic rings. The van der Waals surface area contributed by atoms with Gasteiger partial charge in [-0.1, -0.05) is 0 Å². The molecule has 2 atom stereocenters. The zero-order chi connectivity index (χ0) is 11.1. The summed E-state index contributed by atoms with van der Waals surface area (Å²) in [7, 11) is 0. The van der Waals surface area contributed by atoms with E-state index in [1.54, 1.807) is 6.07 Å². The summed E-state index contributed by atoms with van der Waals surface area (Å²) in [6.07, 6.45) is 4.36. The molecule has 0 radical (unpaired) electrons. The lowest BCUT2D eigenvalue weighted by Crippen LogP contribution is -2.45. The zero-order valence-corrected chi connectivity index (χ0v) is 9.24. The third-order valence-electron chi connectivity index (χ3n) is 3.94. The van der Waals surface area contributed by atoms with Gasteiger partial charge in [0.2, 0.25) is 0 Å². The van der Waals surface area contributed by atoms with Crippen molar-refractivity contribution in [2.75, 3.05) is 6.54 Å². The number of phenols is 2. The normalized spacial score (nSPS) is 28.2. The Balaban J connectivity index is 1.98. The molecule has 1 aromatic rings. The maximum Gasteiger partial charge on any atom is 0.122 e. The summed E-state index contributed by atoms with van der Waals surface area (Å²) in [6, 6.07) is 3.78. The Kier molecular flexibility index (Phi) is 2.28. The van der Waals surface area contributed by atoms with Gasteiger partial charge in [0.1, 0.15) is 11.5 Å². The predicted molar refractivity (Wildman–Crippen MR) is 61.7 cm³/mol. The predicted octanol–water partition coefficient (Wildman–Crippen LogP) is 1.56. The van der Waals surface area contributed by atoms with Crippen LogP contribution < -0.4 is 5.32 Å². The number of fused-ring (bicyclic) bond motifs is 2. The van der Waals surface area contributed by atoms with E-state index in [9.17, 15) is 10.2 Å². The van der Waals surface area contributed by atoms with Crippen LogP contribution in [0.5, 0.6) is 11.5 Å². The summed E-state index contributed by atoms with van der Waals surface area (Å²) in [5.41, 5.74) is 2.15. The van der Waals surface area contributed by atoms with Gasteiger partial charge < -0.3 is 15.5 Å². The number of nitrogens with one attached hydrogen (secondary N) is 1. The van der Waals surface area contributed by atoms with Crippen LogP contribution in [-0.4, -0.2) is 22.8 Å². The molecule has 3 rings (SSSR count). The van der Waals surface area contributed by atoms with Gasteiger partial charge in [-0.25, -0.2) is 0 Å². The van der Waals surface area contributed by atoms with E-state index in [-0.39, 0.29) is 11.5 Å². The number of phenolic OH excluding ortho intramolecular Hbond substituents is 2. The maximum absolute atomic E-state index is 9.85. The van der Waals surface area contributed by atoms with Gasteiger partial charge in [-0.2, -0.15) is 0 Å². The van der Waals surface area contributed by atoms with Crippen LogP contribution in [0.4, 0.5) is 0 Å². The maximum atomic E-state index is 9.85. The van der Waals surface area contributed by atoms with Crippen molar-refractivity contribution in [1.29, 1.82) is 0 Å². The average Bonchev–Trinajstić information content (AvgIpc) is 2.27. The molecule has 3 N–H and O–H groups in total. The topological polar surface area (TPSA) is 52.5 Å². The summed E-state index contributed by atoms with van der Waals surface area (Å²) in [6.45, 7) is 1.10. The first-order chi connectivity index (χ1) is 7.74. The first-order valence-electron chi connectivity index (χ1n) is 6.01. The number of hydrogen-bond acceptors (Lipinski definition) is 3. The third-order valence-corrected chi connectivity index (χ3v) is 3.94. The molecule has 0 bridgehead atoms. The molecule has 86 valence electrons. The van der Waals surface area contributed by atoms with Crippen molar-refractivity contribution in [1.82, 2.24) is 5.32 Å². The summed E-state index contributed by atoms with van der Waals surface area (Å²) in [5.74, 6) is 1.08. The van der Waals surface area contributed by atoms with Crippen molar-refractivity contribution in [3.8, 4) is 11.5 Å². The third kappa shape index (κ3) is 1.55. The van der Waals surface area contributed by atoms with Crippen molar-refractivity contribution < 1.29 is 10.2 Å². The first kappa shape index (κ1) is 9.97. The van der Waals surface area contributed by atoms with E-state index in [1.165, 1.54) is 18.9 Å². The van der Waals surface area contributed by atoms with E-state index in [0.29, 0.717) is 12.0 Å². The van der Waals surface area contributed by atoms with E-state index < -0.39 is 0 Å². The van der Waals surface area contributed by atoms with Gasteiger partial charge in [0.15, 0.2) is 0 Å². The van der Waals surface area contributed by atoms with Crippen LogP contribution in [0.1, 0.15) is 24.0 Å². The van der Waals surface area contributed by atoms with Crippen LogP contribution in [0.3, 0.4) is 0 Å². The quantitative estimate of drug-likeness (QED) is 0.620. The van der Waals surface area contributed by atoms with E-state index >= 15 is 0 Å². The van der Waals surface area contributed by atoms with E-state index in [1.807, 2.05) is 0 Å². The Hall–Kier alpha value is -1.22.